The molecule has 0 spiro atoms. The van der Waals surface area contributed by atoms with Gasteiger partial charge in [-0.15, -0.1) is 10.2 Å². The van der Waals surface area contributed by atoms with E-state index in [1.54, 1.807) is 19.2 Å². The second-order valence-corrected chi connectivity index (χ2v) is 4.32. The molecule has 1 unspecified atom stereocenters. The van der Waals surface area contributed by atoms with E-state index in [4.69, 9.17) is 0 Å². The molecule has 0 aliphatic heterocycles. The van der Waals surface area contributed by atoms with Gasteiger partial charge < -0.3 is 10.6 Å². The zero-order valence-electron chi connectivity index (χ0n) is 11.4. The van der Waals surface area contributed by atoms with Crippen molar-refractivity contribution in [2.75, 3.05) is 11.9 Å². The fourth-order valence-electron chi connectivity index (χ4n) is 1.62. The largest absolute Gasteiger partial charge is 0.385 e. The lowest BCUT2D eigenvalue weighted by Gasteiger charge is -2.10. The van der Waals surface area contributed by atoms with Gasteiger partial charge in [0, 0.05) is 18.4 Å². The van der Waals surface area contributed by atoms with E-state index in [1.807, 2.05) is 6.07 Å². The van der Waals surface area contributed by atoms with E-state index in [9.17, 15) is 4.79 Å². The highest BCUT2D eigenvalue weighted by Gasteiger charge is 2.15. The maximum absolute atomic E-state index is 12.1. The second-order valence-electron chi connectivity index (χ2n) is 4.32. The minimum absolute atomic E-state index is 0.276. The molecule has 0 aliphatic carbocycles. The molecule has 0 fully saturated rings. The van der Waals surface area contributed by atoms with E-state index in [-0.39, 0.29) is 11.9 Å². The van der Waals surface area contributed by atoms with Crippen LogP contribution in [0.1, 0.15) is 42.6 Å². The van der Waals surface area contributed by atoms with Gasteiger partial charge >= 0.3 is 0 Å². The minimum atomic E-state index is -0.338. The summed E-state index contributed by atoms with van der Waals surface area (Å²) in [5, 5.41) is 19.4. The summed E-state index contributed by atoms with van der Waals surface area (Å²) in [5.74, 6) is 0.154. The SMILES string of the molecule is CCCNc1ccnc(C(=O)NC(C)c2nn[nH]n2)c1. The number of hydrogen-bond donors (Lipinski definition) is 3. The Morgan fingerprint density at radius 1 is 1.50 bits per heavy atom. The van der Waals surface area contributed by atoms with Gasteiger partial charge in [-0.05, 0) is 25.5 Å². The van der Waals surface area contributed by atoms with Gasteiger partial charge in [0.15, 0.2) is 5.82 Å². The molecule has 20 heavy (non-hydrogen) atoms. The van der Waals surface area contributed by atoms with E-state index in [0.29, 0.717) is 11.5 Å². The summed E-state index contributed by atoms with van der Waals surface area (Å²) in [6.07, 6.45) is 2.62. The molecule has 0 bridgehead atoms. The molecule has 2 heterocycles. The third-order valence-electron chi connectivity index (χ3n) is 2.67. The number of nitrogens with one attached hydrogen (secondary N) is 3. The number of carbonyl (C=O) groups excluding carboxylic acids is 1. The molecule has 0 aliphatic rings. The van der Waals surface area contributed by atoms with Crippen molar-refractivity contribution in [2.24, 2.45) is 0 Å². The van der Waals surface area contributed by atoms with Crippen LogP contribution in [0.2, 0.25) is 0 Å². The van der Waals surface area contributed by atoms with Gasteiger partial charge in [-0.25, -0.2) is 0 Å². The Labute approximate surface area is 116 Å². The lowest BCUT2D eigenvalue weighted by Crippen LogP contribution is -2.28. The number of nitrogens with zero attached hydrogens (tertiary/aromatic N) is 4. The predicted octanol–water partition coefficient (Wildman–Crippen LogP) is 0.908. The first-order valence-corrected chi connectivity index (χ1v) is 6.45. The van der Waals surface area contributed by atoms with Crippen molar-refractivity contribution in [1.29, 1.82) is 0 Å². The zero-order valence-corrected chi connectivity index (χ0v) is 11.4. The van der Waals surface area contributed by atoms with Crippen molar-refractivity contribution in [3.8, 4) is 0 Å². The van der Waals surface area contributed by atoms with Gasteiger partial charge in [-0.1, -0.05) is 12.1 Å². The van der Waals surface area contributed by atoms with Crippen molar-refractivity contribution < 1.29 is 4.79 Å². The molecule has 1 atom stereocenters. The first kappa shape index (κ1) is 13.9. The standard InChI is InChI=1S/C12H17N7O/c1-3-5-13-9-4-6-14-10(7-9)12(20)15-8(2)11-16-18-19-17-11/h4,6-8H,3,5H2,1-2H3,(H,13,14)(H,15,20)(H,16,17,18,19). The van der Waals surface area contributed by atoms with Crippen LogP contribution in [-0.4, -0.2) is 38.1 Å². The molecule has 1 amide bonds. The highest BCUT2D eigenvalue weighted by molar-refractivity contribution is 5.93. The van der Waals surface area contributed by atoms with Crippen molar-refractivity contribution in [3.63, 3.8) is 0 Å². The van der Waals surface area contributed by atoms with Crippen molar-refractivity contribution in [3.05, 3.63) is 29.8 Å². The number of aromatic amines is 1. The number of pyridine rings is 1. The summed E-state index contributed by atoms with van der Waals surface area (Å²) in [7, 11) is 0. The van der Waals surface area contributed by atoms with Crippen LogP contribution in [0.5, 0.6) is 0 Å². The lowest BCUT2D eigenvalue weighted by atomic mass is 10.2. The van der Waals surface area contributed by atoms with Gasteiger partial charge in [0.05, 0.1) is 6.04 Å². The number of aromatic nitrogens is 5. The molecular weight excluding hydrogens is 258 g/mol. The summed E-state index contributed by atoms with van der Waals surface area (Å²) in [5.41, 5.74) is 1.22. The highest BCUT2D eigenvalue weighted by Crippen LogP contribution is 2.10. The normalized spacial score (nSPS) is 11.9. The lowest BCUT2D eigenvalue weighted by molar-refractivity contribution is 0.0933. The molecule has 0 saturated carbocycles. The Morgan fingerprint density at radius 3 is 3.05 bits per heavy atom. The molecule has 8 nitrogen and oxygen atoms in total. The van der Waals surface area contributed by atoms with Gasteiger partial charge in [0.1, 0.15) is 5.69 Å². The summed E-state index contributed by atoms with van der Waals surface area (Å²) in [6.45, 7) is 4.71. The van der Waals surface area contributed by atoms with Crippen LogP contribution in [0.15, 0.2) is 18.3 Å². The molecule has 2 aromatic rings. The van der Waals surface area contributed by atoms with Crippen LogP contribution in [0.4, 0.5) is 5.69 Å². The van der Waals surface area contributed by atoms with Crippen LogP contribution in [-0.2, 0) is 0 Å². The first-order valence-electron chi connectivity index (χ1n) is 6.45. The quantitative estimate of drug-likeness (QED) is 0.723. The zero-order chi connectivity index (χ0) is 14.4. The van der Waals surface area contributed by atoms with Gasteiger partial charge in [-0.3, -0.25) is 9.78 Å². The van der Waals surface area contributed by atoms with E-state index >= 15 is 0 Å². The molecule has 0 radical (unpaired) electrons. The van der Waals surface area contributed by atoms with Crippen molar-refractivity contribution in [1.82, 2.24) is 30.9 Å². The number of hydrogen-bond acceptors (Lipinski definition) is 6. The van der Waals surface area contributed by atoms with Crippen LogP contribution in [0.3, 0.4) is 0 Å². The maximum atomic E-state index is 12.1. The Balaban J connectivity index is 2.01. The number of tetrazole rings is 1. The molecule has 106 valence electrons. The Hall–Kier alpha value is -2.51. The van der Waals surface area contributed by atoms with E-state index in [1.165, 1.54) is 0 Å². The Morgan fingerprint density at radius 2 is 2.35 bits per heavy atom. The van der Waals surface area contributed by atoms with E-state index < -0.39 is 0 Å². The van der Waals surface area contributed by atoms with Crippen LogP contribution < -0.4 is 10.6 Å². The van der Waals surface area contributed by atoms with E-state index in [2.05, 4.69) is 43.2 Å². The van der Waals surface area contributed by atoms with Crippen LogP contribution in [0, 0.1) is 0 Å². The molecule has 8 heteroatoms. The fraction of sp³-hybridized carbons (Fsp3) is 0.417. The average Bonchev–Trinajstić information content (AvgIpc) is 2.99. The number of H-pyrrole nitrogens is 1. The Bertz CT molecular complexity index is 555. The van der Waals surface area contributed by atoms with Crippen LogP contribution in [0.25, 0.3) is 0 Å². The van der Waals surface area contributed by atoms with Gasteiger partial charge in [-0.2, -0.15) is 5.21 Å². The summed E-state index contributed by atoms with van der Waals surface area (Å²) in [4.78, 5) is 16.2. The summed E-state index contributed by atoms with van der Waals surface area (Å²) >= 11 is 0. The second kappa shape index (κ2) is 6.60. The predicted molar refractivity (Wildman–Crippen MR) is 73.1 cm³/mol. The van der Waals surface area contributed by atoms with Gasteiger partial charge in [0.2, 0.25) is 0 Å². The highest BCUT2D eigenvalue weighted by atomic mass is 16.1. The number of amides is 1. The number of carbonyl (C=O) groups is 1. The smallest absolute Gasteiger partial charge is 0.270 e. The average molecular weight is 275 g/mol. The molecule has 0 aromatic carbocycles. The van der Waals surface area contributed by atoms with Crippen molar-refractivity contribution >= 4 is 11.6 Å². The molecule has 2 aromatic heterocycles. The minimum Gasteiger partial charge on any atom is -0.385 e. The first-order chi connectivity index (χ1) is 9.70. The topological polar surface area (TPSA) is 108 Å². The molecular formula is C12H17N7O. The maximum Gasteiger partial charge on any atom is 0.270 e. The van der Waals surface area contributed by atoms with Gasteiger partial charge in [0.25, 0.3) is 5.91 Å². The molecule has 0 saturated heterocycles. The molecule has 2 rings (SSSR count). The van der Waals surface area contributed by atoms with Crippen LogP contribution >= 0.6 is 0 Å². The third kappa shape index (κ3) is 3.50. The van der Waals surface area contributed by atoms with E-state index in [0.717, 1.165) is 18.7 Å². The fourth-order valence-corrected chi connectivity index (χ4v) is 1.62. The number of rotatable bonds is 6. The Kier molecular flexibility index (Phi) is 4.59. The molecule has 3 N–H and O–H groups in total. The third-order valence-corrected chi connectivity index (χ3v) is 2.67. The summed E-state index contributed by atoms with van der Waals surface area (Å²) in [6, 6.07) is 3.21. The summed E-state index contributed by atoms with van der Waals surface area (Å²) < 4.78 is 0. The number of anilines is 1. The monoisotopic (exact) mass is 275 g/mol. The van der Waals surface area contributed by atoms with Crippen molar-refractivity contribution in [2.45, 2.75) is 26.3 Å².